The van der Waals surface area contributed by atoms with Crippen molar-refractivity contribution in [1.29, 1.82) is 0 Å². The van der Waals surface area contributed by atoms with Crippen molar-refractivity contribution in [2.75, 3.05) is 11.9 Å². The van der Waals surface area contributed by atoms with Gasteiger partial charge in [-0.2, -0.15) is 0 Å². The van der Waals surface area contributed by atoms with Crippen LogP contribution in [0.25, 0.3) is 0 Å². The molecule has 2 amide bonds. The van der Waals surface area contributed by atoms with E-state index in [1.165, 1.54) is 0 Å². The third-order valence-corrected chi connectivity index (χ3v) is 7.86. The Morgan fingerprint density at radius 2 is 1.90 bits per heavy atom. The number of anilines is 1. The second kappa shape index (κ2) is 12.6. The molecule has 0 saturated heterocycles. The van der Waals surface area contributed by atoms with Crippen LogP contribution in [0.4, 0.5) is 5.69 Å². The van der Waals surface area contributed by atoms with Crippen molar-refractivity contribution in [3.05, 3.63) is 84.4 Å². The Hall–Kier alpha value is -3.85. The summed E-state index contributed by atoms with van der Waals surface area (Å²) in [6, 6.07) is 17.4. The lowest BCUT2D eigenvalue weighted by Crippen LogP contribution is -2.50. The Morgan fingerprint density at radius 1 is 1.15 bits per heavy atom. The summed E-state index contributed by atoms with van der Waals surface area (Å²) in [6.07, 6.45) is 8.85. The molecule has 1 aliphatic carbocycles. The fourth-order valence-corrected chi connectivity index (χ4v) is 5.36. The number of aromatic nitrogens is 2. The highest BCUT2D eigenvalue weighted by atomic mass is 32.1. The molecule has 3 aromatic rings. The molecule has 1 N–H and O–H groups in total. The molecular weight excluding hydrogens is 522 g/mol. The molecule has 2 aliphatic rings. The number of likely N-dealkylation sites (N-methyl/N-ethyl adjacent to an activating group) is 1. The van der Waals surface area contributed by atoms with Crippen LogP contribution in [-0.4, -0.2) is 51.6 Å². The summed E-state index contributed by atoms with van der Waals surface area (Å²) in [7, 11) is 1.72. The zero-order valence-electron chi connectivity index (χ0n) is 22.9. The number of nitrogens with zero attached hydrogens (tertiary/aromatic N) is 4. The van der Waals surface area contributed by atoms with Crippen molar-refractivity contribution in [3.8, 4) is 0 Å². The maximum atomic E-state index is 14.0. The lowest BCUT2D eigenvalue weighted by atomic mass is 9.91. The Balaban J connectivity index is 1.45. The zero-order valence-corrected chi connectivity index (χ0v) is 23.7. The predicted octanol–water partition coefficient (Wildman–Crippen LogP) is 4.96. The van der Waals surface area contributed by atoms with Crippen molar-refractivity contribution in [1.82, 2.24) is 14.9 Å². The van der Waals surface area contributed by atoms with Gasteiger partial charge in [0.25, 0.3) is 11.1 Å². The fraction of sp³-hybridized carbons (Fsp3) is 0.387. The van der Waals surface area contributed by atoms with Gasteiger partial charge < -0.3 is 15.0 Å². The van der Waals surface area contributed by atoms with E-state index in [1.54, 1.807) is 35.2 Å². The number of hydrogen-bond acceptors (Lipinski definition) is 6. The molecule has 1 saturated carbocycles. The largest absolute Gasteiger partial charge is 0.466 e. The highest BCUT2D eigenvalue weighted by Crippen LogP contribution is 2.38. The number of fused-ring (bicyclic) bond motifs is 1. The molecule has 40 heavy (non-hydrogen) atoms. The minimum absolute atomic E-state index is 0.240. The van der Waals surface area contributed by atoms with E-state index < -0.39 is 18.2 Å². The molecule has 1 aliphatic heterocycles. The van der Waals surface area contributed by atoms with Gasteiger partial charge in [0, 0.05) is 30.6 Å². The number of benzodiazepines with no additional fused rings is 1. The van der Waals surface area contributed by atoms with Crippen LogP contribution in [0.2, 0.25) is 0 Å². The maximum absolute atomic E-state index is 14.0. The van der Waals surface area contributed by atoms with E-state index in [0.29, 0.717) is 24.5 Å². The van der Waals surface area contributed by atoms with Crippen molar-refractivity contribution in [2.45, 2.75) is 57.7 Å². The van der Waals surface area contributed by atoms with E-state index in [-0.39, 0.29) is 17.0 Å². The minimum atomic E-state index is -1.07. The molecule has 208 valence electrons. The number of para-hydroxylation sites is 1. The van der Waals surface area contributed by atoms with Crippen molar-refractivity contribution in [3.63, 3.8) is 0 Å². The van der Waals surface area contributed by atoms with Gasteiger partial charge >= 0.3 is 0 Å². The van der Waals surface area contributed by atoms with Crippen molar-refractivity contribution in [2.24, 2.45) is 16.8 Å². The van der Waals surface area contributed by atoms with Gasteiger partial charge in [0.05, 0.1) is 17.3 Å². The van der Waals surface area contributed by atoms with Gasteiger partial charge in [-0.15, -0.1) is 0 Å². The normalized spacial score (nSPS) is 18.2. The number of imidazole rings is 1. The van der Waals surface area contributed by atoms with Gasteiger partial charge in [0.2, 0.25) is 12.1 Å². The van der Waals surface area contributed by atoms with Crippen molar-refractivity contribution >= 4 is 40.6 Å². The average Bonchev–Trinajstić information content (AvgIpc) is 3.65. The van der Waals surface area contributed by atoms with Crippen LogP contribution < -0.4 is 10.2 Å². The number of thiocarbonyl (C=S) groups is 1. The molecule has 2 heterocycles. The van der Waals surface area contributed by atoms with Crippen LogP contribution in [0.5, 0.6) is 0 Å². The van der Waals surface area contributed by atoms with Crippen LogP contribution in [0.1, 0.15) is 56.6 Å². The monoisotopic (exact) mass is 557 g/mol. The second-order valence-electron chi connectivity index (χ2n) is 10.5. The average molecular weight is 558 g/mol. The molecule has 2 aromatic carbocycles. The SMILES string of the molecule is CCCC[C@H](OC(=S)n1ccnc1)[C@@H](CC1CC1)C(=O)N[C@H]1N=C(c2ccccc2)c2ccccc2N(C)C1=O. The number of aliphatic imine (C=N–C) groups is 1. The first-order valence-electron chi connectivity index (χ1n) is 14.0. The Kier molecular flexibility index (Phi) is 8.69. The standard InChI is InChI=1S/C31H35N5O3S/c1-3-4-14-26(39-31(40)36-18-17-32-20-36)24(19-21-15-16-21)29(37)34-28-30(38)35(2)25-13-9-8-12-23(25)27(33-28)22-10-6-5-7-11-22/h5-13,17-18,20-21,24,26,28H,3-4,14-16,19H2,1-2H3,(H,34,37)/t24-,26+,28-/m1/s1. The molecule has 0 spiro atoms. The lowest BCUT2D eigenvalue weighted by molar-refractivity contribution is -0.132. The number of ether oxygens (including phenoxy) is 1. The number of benzene rings is 2. The Bertz CT molecular complexity index is 1370. The number of carbonyl (C=O) groups is 2. The summed E-state index contributed by atoms with van der Waals surface area (Å²) in [5.41, 5.74) is 3.13. The van der Waals surface area contributed by atoms with Gasteiger partial charge in [-0.25, -0.2) is 9.98 Å². The van der Waals surface area contributed by atoms with Crippen molar-refractivity contribution < 1.29 is 14.3 Å². The number of carbonyl (C=O) groups excluding carboxylic acids is 2. The third kappa shape index (κ3) is 6.31. The quantitative estimate of drug-likeness (QED) is 0.356. The summed E-state index contributed by atoms with van der Waals surface area (Å²) in [4.78, 5) is 38.2. The van der Waals surface area contributed by atoms with E-state index in [0.717, 1.165) is 42.5 Å². The number of hydrogen-bond donors (Lipinski definition) is 1. The molecule has 8 nitrogen and oxygen atoms in total. The summed E-state index contributed by atoms with van der Waals surface area (Å²) in [5.74, 6) is -0.544. The van der Waals surface area contributed by atoms with Gasteiger partial charge in [0.1, 0.15) is 12.4 Å². The van der Waals surface area contributed by atoms with E-state index >= 15 is 0 Å². The molecule has 5 rings (SSSR count). The second-order valence-corrected chi connectivity index (χ2v) is 10.8. The molecule has 0 unspecified atom stereocenters. The number of nitrogens with one attached hydrogen (secondary N) is 1. The van der Waals surface area contributed by atoms with Gasteiger partial charge in [-0.05, 0) is 37.0 Å². The topological polar surface area (TPSA) is 88.8 Å². The summed E-state index contributed by atoms with van der Waals surface area (Å²) < 4.78 is 7.91. The van der Waals surface area contributed by atoms with E-state index in [1.807, 2.05) is 54.6 Å². The third-order valence-electron chi connectivity index (χ3n) is 7.55. The predicted molar refractivity (Wildman–Crippen MR) is 159 cm³/mol. The van der Waals surface area contributed by atoms with Crippen LogP contribution >= 0.6 is 12.2 Å². The Labute approximate surface area is 240 Å². The minimum Gasteiger partial charge on any atom is -0.466 e. The number of unbranched alkanes of at least 4 members (excludes halogenated alkanes) is 1. The van der Waals surface area contributed by atoms with Crippen LogP contribution in [0, 0.1) is 11.8 Å². The van der Waals surface area contributed by atoms with E-state index in [9.17, 15) is 9.59 Å². The molecule has 1 aromatic heterocycles. The highest BCUT2D eigenvalue weighted by Gasteiger charge is 2.39. The first-order valence-corrected chi connectivity index (χ1v) is 14.4. The first kappa shape index (κ1) is 27.7. The van der Waals surface area contributed by atoms with Crippen LogP contribution in [-0.2, 0) is 14.3 Å². The van der Waals surface area contributed by atoms with Gasteiger partial charge in [-0.1, -0.05) is 81.1 Å². The number of rotatable bonds is 10. The zero-order chi connectivity index (χ0) is 28.1. The highest BCUT2D eigenvalue weighted by molar-refractivity contribution is 7.80. The maximum Gasteiger partial charge on any atom is 0.272 e. The smallest absolute Gasteiger partial charge is 0.272 e. The molecule has 9 heteroatoms. The first-order chi connectivity index (χ1) is 19.5. The van der Waals surface area contributed by atoms with E-state index in [2.05, 4.69) is 17.2 Å². The van der Waals surface area contributed by atoms with Crippen LogP contribution in [0.3, 0.4) is 0 Å². The molecule has 1 fully saturated rings. The number of amides is 2. The molecule has 3 atom stereocenters. The Morgan fingerprint density at radius 3 is 2.60 bits per heavy atom. The fourth-order valence-electron chi connectivity index (χ4n) is 5.13. The van der Waals surface area contributed by atoms with Gasteiger partial charge in [0.15, 0.2) is 0 Å². The summed E-state index contributed by atoms with van der Waals surface area (Å²) in [6.45, 7) is 2.11. The lowest BCUT2D eigenvalue weighted by Gasteiger charge is -2.29. The molecular formula is C31H35N5O3S. The van der Waals surface area contributed by atoms with Crippen LogP contribution in [0.15, 0.2) is 78.3 Å². The van der Waals surface area contributed by atoms with E-state index in [4.69, 9.17) is 21.9 Å². The summed E-state index contributed by atoms with van der Waals surface area (Å²) >= 11 is 5.55. The molecule has 0 bridgehead atoms. The van der Waals surface area contributed by atoms with Gasteiger partial charge in [-0.3, -0.25) is 14.2 Å². The molecule has 0 radical (unpaired) electrons. The summed E-state index contributed by atoms with van der Waals surface area (Å²) in [5, 5.41) is 3.27.